The van der Waals surface area contributed by atoms with Crippen molar-refractivity contribution in [2.24, 2.45) is 0 Å². The summed E-state index contributed by atoms with van der Waals surface area (Å²) in [5.74, 6) is -0.945. The molecule has 0 aromatic rings. The number of esters is 3. The van der Waals surface area contributed by atoms with E-state index in [1.165, 1.54) is 128 Å². The van der Waals surface area contributed by atoms with Crippen LogP contribution in [0.25, 0.3) is 0 Å². The van der Waals surface area contributed by atoms with Crippen LogP contribution in [0, 0.1) is 0 Å². The molecule has 1 atom stereocenters. The monoisotopic (exact) mass is 853 g/mol. The standard InChI is InChI=1S/C55H96O6/c1-4-7-10-13-16-19-22-25-26-27-28-29-30-31-34-36-39-42-45-48-54(57)60-51-52(61-55(58)49-46-43-40-37-33-24-21-18-15-12-9-6-3)50-59-53(56)47-44-41-38-35-32-23-20-17-14-11-8-5-2/h9,12,17-18,20-21,27-28,33,37,52H,4-8,10-11,13-16,19,22-26,29-32,34-36,38-51H2,1-3H3/b12-9-,20-17-,21-18-,28-27-,37-33-. The molecule has 0 saturated carbocycles. The molecular weight excluding hydrogens is 757 g/mol. The second-order valence-corrected chi connectivity index (χ2v) is 17.0. The van der Waals surface area contributed by atoms with Gasteiger partial charge in [-0.2, -0.15) is 0 Å². The highest BCUT2D eigenvalue weighted by Gasteiger charge is 2.19. The van der Waals surface area contributed by atoms with Crippen LogP contribution in [0.3, 0.4) is 0 Å². The van der Waals surface area contributed by atoms with Gasteiger partial charge in [0.25, 0.3) is 0 Å². The van der Waals surface area contributed by atoms with Crippen LogP contribution in [0.2, 0.25) is 0 Å². The number of unbranched alkanes of at least 4 members (excludes halogenated alkanes) is 25. The van der Waals surface area contributed by atoms with E-state index in [2.05, 4.69) is 81.5 Å². The average molecular weight is 853 g/mol. The summed E-state index contributed by atoms with van der Waals surface area (Å²) in [7, 11) is 0. The first kappa shape index (κ1) is 58.1. The molecule has 0 rings (SSSR count). The first-order valence-corrected chi connectivity index (χ1v) is 25.8. The normalized spacial score (nSPS) is 12.5. The van der Waals surface area contributed by atoms with Gasteiger partial charge in [-0.05, 0) is 103 Å². The maximum Gasteiger partial charge on any atom is 0.306 e. The van der Waals surface area contributed by atoms with Gasteiger partial charge < -0.3 is 14.2 Å². The van der Waals surface area contributed by atoms with Gasteiger partial charge in [-0.15, -0.1) is 0 Å². The van der Waals surface area contributed by atoms with E-state index in [9.17, 15) is 14.4 Å². The minimum atomic E-state index is -0.797. The molecule has 0 bridgehead atoms. The summed E-state index contributed by atoms with van der Waals surface area (Å²) in [6, 6.07) is 0. The maximum absolute atomic E-state index is 12.7. The lowest BCUT2D eigenvalue weighted by Crippen LogP contribution is -2.30. The number of carbonyl (C=O) groups is 3. The molecule has 0 amide bonds. The molecule has 0 aromatic heterocycles. The van der Waals surface area contributed by atoms with Gasteiger partial charge in [-0.1, -0.05) is 191 Å². The minimum Gasteiger partial charge on any atom is -0.462 e. The van der Waals surface area contributed by atoms with Crippen molar-refractivity contribution in [1.29, 1.82) is 0 Å². The van der Waals surface area contributed by atoms with E-state index >= 15 is 0 Å². The molecule has 0 saturated heterocycles. The molecule has 0 aliphatic rings. The Bertz CT molecular complexity index is 1120. The zero-order chi connectivity index (χ0) is 44.4. The third-order valence-electron chi connectivity index (χ3n) is 11.0. The predicted octanol–water partition coefficient (Wildman–Crippen LogP) is 16.9. The van der Waals surface area contributed by atoms with Crippen LogP contribution in [0.5, 0.6) is 0 Å². The fourth-order valence-corrected chi connectivity index (χ4v) is 7.09. The average Bonchev–Trinajstić information content (AvgIpc) is 3.26. The maximum atomic E-state index is 12.7. The molecule has 0 heterocycles. The highest BCUT2D eigenvalue weighted by atomic mass is 16.6. The molecule has 0 N–H and O–H groups in total. The van der Waals surface area contributed by atoms with Crippen LogP contribution in [-0.2, 0) is 28.6 Å². The van der Waals surface area contributed by atoms with Crippen molar-refractivity contribution in [3.63, 3.8) is 0 Å². The molecule has 352 valence electrons. The van der Waals surface area contributed by atoms with E-state index in [0.717, 1.165) is 77.0 Å². The van der Waals surface area contributed by atoms with Crippen molar-refractivity contribution in [2.45, 2.75) is 258 Å². The summed E-state index contributed by atoms with van der Waals surface area (Å²) in [4.78, 5) is 37.9. The Labute approximate surface area is 377 Å². The van der Waals surface area contributed by atoms with E-state index < -0.39 is 6.10 Å². The van der Waals surface area contributed by atoms with Gasteiger partial charge in [0, 0.05) is 19.3 Å². The van der Waals surface area contributed by atoms with Crippen molar-refractivity contribution in [3.8, 4) is 0 Å². The Hall–Kier alpha value is -2.89. The lowest BCUT2D eigenvalue weighted by molar-refractivity contribution is -0.167. The topological polar surface area (TPSA) is 78.9 Å². The van der Waals surface area contributed by atoms with Crippen LogP contribution in [0.15, 0.2) is 60.8 Å². The Morgan fingerprint density at radius 3 is 1.08 bits per heavy atom. The van der Waals surface area contributed by atoms with Crippen LogP contribution >= 0.6 is 0 Å². The fraction of sp³-hybridized carbons (Fsp3) is 0.764. The summed E-state index contributed by atoms with van der Waals surface area (Å²) in [6.45, 7) is 6.46. The van der Waals surface area contributed by atoms with Gasteiger partial charge in [0.15, 0.2) is 6.10 Å². The molecule has 1 unspecified atom stereocenters. The summed E-state index contributed by atoms with van der Waals surface area (Å²) in [6.07, 6.45) is 60.7. The van der Waals surface area contributed by atoms with Gasteiger partial charge in [0.05, 0.1) is 0 Å². The van der Waals surface area contributed by atoms with Crippen LogP contribution < -0.4 is 0 Å². The van der Waals surface area contributed by atoms with E-state index in [1.807, 2.05) is 0 Å². The van der Waals surface area contributed by atoms with Crippen LogP contribution in [0.1, 0.15) is 252 Å². The Kier molecular flexibility index (Phi) is 47.4. The smallest absolute Gasteiger partial charge is 0.306 e. The van der Waals surface area contributed by atoms with Crippen molar-refractivity contribution < 1.29 is 28.6 Å². The molecule has 6 heteroatoms. The number of carbonyl (C=O) groups excluding carboxylic acids is 3. The number of rotatable bonds is 46. The summed E-state index contributed by atoms with van der Waals surface area (Å²) >= 11 is 0. The first-order chi connectivity index (χ1) is 30.0. The lowest BCUT2D eigenvalue weighted by Gasteiger charge is -2.18. The minimum absolute atomic E-state index is 0.0943. The second kappa shape index (κ2) is 49.8. The number of hydrogen-bond acceptors (Lipinski definition) is 6. The van der Waals surface area contributed by atoms with Gasteiger partial charge in [-0.3, -0.25) is 14.4 Å². The lowest BCUT2D eigenvalue weighted by atomic mass is 10.1. The van der Waals surface area contributed by atoms with E-state index in [0.29, 0.717) is 19.3 Å². The van der Waals surface area contributed by atoms with Gasteiger partial charge >= 0.3 is 17.9 Å². The van der Waals surface area contributed by atoms with Crippen LogP contribution in [-0.4, -0.2) is 37.2 Å². The van der Waals surface area contributed by atoms with E-state index in [4.69, 9.17) is 14.2 Å². The number of hydrogen-bond donors (Lipinski definition) is 0. The van der Waals surface area contributed by atoms with Gasteiger partial charge in [0.2, 0.25) is 0 Å². The molecule has 0 spiro atoms. The highest BCUT2D eigenvalue weighted by molar-refractivity contribution is 5.71. The van der Waals surface area contributed by atoms with Crippen LogP contribution in [0.4, 0.5) is 0 Å². The van der Waals surface area contributed by atoms with Gasteiger partial charge in [-0.25, -0.2) is 0 Å². The SMILES string of the molecule is CC/C=C\C/C=C\C/C=C\CCCCC(=O)OC(COC(=O)CCCCCCC/C=C\CCCCC)COC(=O)CCCCCCCCC/C=C\CCCCCCCCCC. The fourth-order valence-electron chi connectivity index (χ4n) is 7.09. The number of allylic oxidation sites excluding steroid dienone is 10. The van der Waals surface area contributed by atoms with Crippen molar-refractivity contribution >= 4 is 17.9 Å². The molecule has 0 radical (unpaired) electrons. The summed E-state index contributed by atoms with van der Waals surface area (Å²) in [5, 5.41) is 0. The zero-order valence-corrected chi connectivity index (χ0v) is 40.2. The third-order valence-corrected chi connectivity index (χ3v) is 11.0. The Morgan fingerprint density at radius 1 is 0.344 bits per heavy atom. The number of ether oxygens (including phenoxy) is 3. The largest absolute Gasteiger partial charge is 0.462 e. The molecule has 0 fully saturated rings. The molecular formula is C55H96O6. The summed E-state index contributed by atoms with van der Waals surface area (Å²) in [5.41, 5.74) is 0. The zero-order valence-electron chi connectivity index (χ0n) is 40.2. The Balaban J connectivity index is 4.36. The van der Waals surface area contributed by atoms with E-state index in [-0.39, 0.29) is 37.5 Å². The highest BCUT2D eigenvalue weighted by Crippen LogP contribution is 2.14. The third kappa shape index (κ3) is 48.0. The van der Waals surface area contributed by atoms with Crippen molar-refractivity contribution in [2.75, 3.05) is 13.2 Å². The molecule has 0 aliphatic carbocycles. The van der Waals surface area contributed by atoms with Crippen molar-refractivity contribution in [3.05, 3.63) is 60.8 Å². The Morgan fingerprint density at radius 2 is 0.639 bits per heavy atom. The first-order valence-electron chi connectivity index (χ1n) is 25.8. The molecule has 6 nitrogen and oxygen atoms in total. The van der Waals surface area contributed by atoms with Gasteiger partial charge in [0.1, 0.15) is 13.2 Å². The molecule has 61 heavy (non-hydrogen) atoms. The summed E-state index contributed by atoms with van der Waals surface area (Å²) < 4.78 is 16.7. The molecule has 0 aliphatic heterocycles. The predicted molar refractivity (Wildman–Crippen MR) is 261 cm³/mol. The quantitative estimate of drug-likeness (QED) is 0.0263. The van der Waals surface area contributed by atoms with Crippen molar-refractivity contribution in [1.82, 2.24) is 0 Å². The second-order valence-electron chi connectivity index (χ2n) is 17.0. The molecule has 0 aromatic carbocycles. The van der Waals surface area contributed by atoms with E-state index in [1.54, 1.807) is 0 Å².